The van der Waals surface area contributed by atoms with Gasteiger partial charge in [0.2, 0.25) is 5.91 Å². The zero-order valence-electron chi connectivity index (χ0n) is 26.9. The zero-order chi connectivity index (χ0) is 32.7. The minimum Gasteiger partial charge on any atom is -0.846 e. The number of amides is 2. The van der Waals surface area contributed by atoms with E-state index in [1.807, 2.05) is 13.8 Å². The van der Waals surface area contributed by atoms with Gasteiger partial charge in [0.05, 0.1) is 19.2 Å². The first kappa shape index (κ1) is 58.0. The molecule has 0 saturated heterocycles. The molecule has 3 N–H and O–H groups in total. The number of carbonyl (C=O) groups excluding carboxylic acids is 2. The Morgan fingerprint density at radius 2 is 1.20 bits per heavy atom. The summed E-state index contributed by atoms with van der Waals surface area (Å²) in [4.78, 5) is 27.1. The van der Waals surface area contributed by atoms with Crippen LogP contribution in [0.25, 0.3) is 0 Å². The SMILES string of the molecule is C=C.C=C.C=C.C=C.C=C.CCCC(C)C1(CC)C(=O)N=C([O-])NC1=O.CCCCOCCCC.OCCO.[Na+]. The van der Waals surface area contributed by atoms with Crippen LogP contribution in [-0.2, 0) is 14.3 Å². The molecule has 0 aromatic carbocycles. The van der Waals surface area contributed by atoms with Crippen LogP contribution in [-0.4, -0.2) is 54.5 Å². The molecule has 0 aromatic heterocycles. The van der Waals surface area contributed by atoms with E-state index in [2.05, 4.69) is 89.9 Å². The fourth-order valence-corrected chi connectivity index (χ4v) is 2.89. The largest absolute Gasteiger partial charge is 1.00 e. The van der Waals surface area contributed by atoms with Gasteiger partial charge in [0.15, 0.2) is 0 Å². The van der Waals surface area contributed by atoms with Crippen molar-refractivity contribution in [2.45, 2.75) is 79.6 Å². The van der Waals surface area contributed by atoms with Gasteiger partial charge in [-0.15, -0.1) is 65.8 Å². The summed E-state index contributed by atoms with van der Waals surface area (Å²) < 4.78 is 5.31. The van der Waals surface area contributed by atoms with Crippen LogP contribution in [0.5, 0.6) is 0 Å². The molecule has 9 heteroatoms. The van der Waals surface area contributed by atoms with Crippen molar-refractivity contribution < 1.29 is 59.2 Å². The number of nitrogens with one attached hydrogen (secondary N) is 1. The van der Waals surface area contributed by atoms with Crippen molar-refractivity contribution in [3.63, 3.8) is 0 Å². The molecule has 232 valence electrons. The maximum absolute atomic E-state index is 11.9. The van der Waals surface area contributed by atoms with Crippen molar-refractivity contribution in [2.75, 3.05) is 26.4 Å². The molecule has 0 bridgehead atoms. The zero-order valence-corrected chi connectivity index (χ0v) is 28.9. The van der Waals surface area contributed by atoms with Crippen molar-refractivity contribution in [3.05, 3.63) is 65.8 Å². The van der Waals surface area contributed by atoms with E-state index in [1.165, 1.54) is 25.7 Å². The maximum Gasteiger partial charge on any atom is 1.00 e. The molecule has 0 fully saturated rings. The van der Waals surface area contributed by atoms with E-state index in [0.29, 0.717) is 6.42 Å². The van der Waals surface area contributed by atoms with Crippen LogP contribution in [0.3, 0.4) is 0 Å². The summed E-state index contributed by atoms with van der Waals surface area (Å²) in [6.07, 6.45) is 6.93. The molecular weight excluding hydrogens is 519 g/mol. The number of rotatable bonds is 11. The van der Waals surface area contributed by atoms with Gasteiger partial charge < -0.3 is 25.4 Å². The molecule has 0 radical (unpaired) electrons. The summed E-state index contributed by atoms with van der Waals surface area (Å²) in [5.74, 6) is -1.20. The maximum atomic E-state index is 11.9. The smallest absolute Gasteiger partial charge is 0.846 e. The summed E-state index contributed by atoms with van der Waals surface area (Å²) in [6.45, 7) is 41.7. The Morgan fingerprint density at radius 3 is 1.45 bits per heavy atom. The number of aliphatic imine (C=N–C) groups is 1. The summed E-state index contributed by atoms with van der Waals surface area (Å²) in [5.41, 5.74) is -1.15. The van der Waals surface area contributed by atoms with Crippen molar-refractivity contribution >= 4 is 17.8 Å². The van der Waals surface area contributed by atoms with Crippen LogP contribution in [0.1, 0.15) is 79.6 Å². The number of aliphatic hydroxyl groups excluding tert-OH is 2. The minimum absolute atomic E-state index is 0. The van der Waals surface area contributed by atoms with Gasteiger partial charge in [0, 0.05) is 13.2 Å². The topological polar surface area (TPSA) is 131 Å². The predicted molar refractivity (Wildman–Crippen MR) is 168 cm³/mol. The molecule has 2 atom stereocenters. The van der Waals surface area contributed by atoms with Crippen molar-refractivity contribution in [1.29, 1.82) is 0 Å². The van der Waals surface area contributed by atoms with Crippen molar-refractivity contribution in [2.24, 2.45) is 16.3 Å². The third kappa shape index (κ3) is 32.4. The standard InChI is InChI=1S/C11H18N2O3.C8H18O.C2H6O2.5C2H4.Na/c1-4-6-7(3)11(5-2)8(14)12-10(16)13-9(11)15;1-3-5-7-9-8-6-4-2;3-1-2-4;5*1-2;/h7H,4-6H2,1-3H3,(H2,12,13,14,15,16);3-8H2,1-2H3;3-4H,1-2H2;5*1-2H2;/q;;;;;;;;+1/p-1. The molecule has 40 heavy (non-hydrogen) atoms. The molecule has 1 aliphatic rings. The summed E-state index contributed by atoms with van der Waals surface area (Å²) in [6, 6.07) is -0.845. The molecule has 8 nitrogen and oxygen atoms in total. The fourth-order valence-electron chi connectivity index (χ4n) is 2.89. The number of hydrogen-bond acceptors (Lipinski definition) is 6. The third-order valence-corrected chi connectivity index (χ3v) is 4.72. The summed E-state index contributed by atoms with van der Waals surface area (Å²) in [7, 11) is 0. The Balaban J connectivity index is -0.0000000608. The Bertz CT molecular complexity index is 530. The molecular formula is C31H61N2NaO6. The number of nitrogens with zero attached hydrogens (tertiary/aromatic N) is 1. The van der Waals surface area contributed by atoms with Crippen LogP contribution in [0.15, 0.2) is 70.8 Å². The number of unbranched alkanes of at least 4 members (excludes halogenated alkanes) is 2. The number of aliphatic hydroxyl groups is 2. The first-order chi connectivity index (χ1) is 18.8. The van der Waals surface area contributed by atoms with Gasteiger partial charge in [-0.2, -0.15) is 0 Å². The first-order valence-corrected chi connectivity index (χ1v) is 13.2. The second-order valence-electron chi connectivity index (χ2n) is 6.96. The van der Waals surface area contributed by atoms with Crippen LogP contribution in [0.2, 0.25) is 0 Å². The molecule has 0 spiro atoms. The average molecular weight is 581 g/mol. The summed E-state index contributed by atoms with van der Waals surface area (Å²) >= 11 is 0. The minimum atomic E-state index is -1.15. The Hall–Kier alpha value is -1.81. The van der Waals surface area contributed by atoms with Gasteiger partial charge in [0.1, 0.15) is 5.41 Å². The van der Waals surface area contributed by atoms with Crippen LogP contribution in [0, 0.1) is 11.3 Å². The van der Waals surface area contributed by atoms with E-state index in [-0.39, 0.29) is 48.7 Å². The third-order valence-electron chi connectivity index (χ3n) is 4.72. The molecule has 1 rings (SSSR count). The normalized spacial score (nSPS) is 14.4. The second-order valence-corrected chi connectivity index (χ2v) is 6.96. The Labute approximate surface area is 269 Å². The van der Waals surface area contributed by atoms with E-state index in [0.717, 1.165) is 26.1 Å². The van der Waals surface area contributed by atoms with Gasteiger partial charge >= 0.3 is 29.6 Å². The van der Waals surface area contributed by atoms with Gasteiger partial charge in [-0.25, -0.2) is 4.99 Å². The molecule has 1 aliphatic heterocycles. The monoisotopic (exact) mass is 580 g/mol. The Morgan fingerprint density at radius 1 is 0.825 bits per heavy atom. The van der Waals surface area contributed by atoms with Crippen molar-refractivity contribution in [3.8, 4) is 0 Å². The molecule has 2 unspecified atom stereocenters. The number of ether oxygens (including phenoxy) is 1. The number of carbonyl (C=O) groups is 2. The van der Waals surface area contributed by atoms with E-state index in [9.17, 15) is 14.7 Å². The molecule has 1 heterocycles. The van der Waals surface area contributed by atoms with Gasteiger partial charge in [0.25, 0.3) is 5.91 Å². The summed E-state index contributed by atoms with van der Waals surface area (Å²) in [5, 5.41) is 28.3. The second kappa shape index (κ2) is 53.4. The molecule has 0 aliphatic carbocycles. The molecule has 0 aromatic rings. The predicted octanol–water partition coefficient (Wildman–Crippen LogP) is 2.78. The molecule has 0 saturated carbocycles. The van der Waals surface area contributed by atoms with Gasteiger partial charge in [-0.1, -0.05) is 53.9 Å². The van der Waals surface area contributed by atoms with E-state index >= 15 is 0 Å². The quantitative estimate of drug-likeness (QED) is 0.149. The van der Waals surface area contributed by atoms with E-state index < -0.39 is 23.3 Å². The molecule has 2 amide bonds. The average Bonchev–Trinajstić information content (AvgIpc) is 2.99. The fraction of sp³-hybridized carbons (Fsp3) is 0.581. The van der Waals surface area contributed by atoms with Crippen molar-refractivity contribution in [1.82, 2.24) is 5.32 Å². The Kier molecular flexibility index (Phi) is 77.4. The van der Waals surface area contributed by atoms with Gasteiger partial charge in [-0.05, 0) is 31.6 Å². The van der Waals surface area contributed by atoms with E-state index in [1.54, 1.807) is 6.92 Å². The van der Waals surface area contributed by atoms with Crippen LogP contribution in [0.4, 0.5) is 0 Å². The first-order valence-electron chi connectivity index (χ1n) is 13.2. The number of hydrogen-bond donors (Lipinski definition) is 3. The van der Waals surface area contributed by atoms with Crippen LogP contribution >= 0.6 is 0 Å². The van der Waals surface area contributed by atoms with Crippen LogP contribution < -0.4 is 40.0 Å². The van der Waals surface area contributed by atoms with Gasteiger partial charge in [-0.3, -0.25) is 9.59 Å². The van der Waals surface area contributed by atoms with E-state index in [4.69, 9.17) is 14.9 Å². The number of amidine groups is 1.